The van der Waals surface area contributed by atoms with Crippen LogP contribution in [-0.2, 0) is 0 Å². The quantitative estimate of drug-likeness (QED) is 0.768. The van der Waals surface area contributed by atoms with E-state index >= 15 is 0 Å². The topological polar surface area (TPSA) is 29.1 Å². The molecule has 14 heavy (non-hydrogen) atoms. The van der Waals surface area contributed by atoms with Crippen molar-refractivity contribution >= 4 is 17.5 Å². The van der Waals surface area contributed by atoms with E-state index in [1.807, 2.05) is 0 Å². The van der Waals surface area contributed by atoms with Crippen molar-refractivity contribution in [3.05, 3.63) is 47.3 Å². The van der Waals surface area contributed by atoms with Crippen LogP contribution in [0.3, 0.4) is 0 Å². The molecule has 0 spiro atoms. The third-order valence-corrected chi connectivity index (χ3v) is 1.90. The van der Waals surface area contributed by atoms with Crippen LogP contribution in [0.2, 0.25) is 5.02 Å². The lowest BCUT2D eigenvalue weighted by Gasteiger charge is -2.02. The second kappa shape index (κ2) is 4.77. The molecule has 0 aliphatic carbocycles. The summed E-state index contributed by atoms with van der Waals surface area (Å²) < 4.78 is 12.9. The highest BCUT2D eigenvalue weighted by Gasteiger charge is 2.07. The van der Waals surface area contributed by atoms with Gasteiger partial charge in [0.25, 0.3) is 5.91 Å². The van der Waals surface area contributed by atoms with E-state index in [4.69, 9.17) is 11.6 Å². The monoisotopic (exact) mass is 213 g/mol. The van der Waals surface area contributed by atoms with E-state index in [1.165, 1.54) is 12.1 Å². The summed E-state index contributed by atoms with van der Waals surface area (Å²) in [5.41, 5.74) is 0.244. The van der Waals surface area contributed by atoms with E-state index in [0.29, 0.717) is 6.54 Å². The molecule has 1 rings (SSSR count). The first-order valence-electron chi connectivity index (χ1n) is 3.99. The molecule has 1 aromatic rings. The van der Waals surface area contributed by atoms with Gasteiger partial charge in [-0.2, -0.15) is 0 Å². The highest BCUT2D eigenvalue weighted by molar-refractivity contribution is 6.30. The van der Waals surface area contributed by atoms with E-state index in [0.717, 1.165) is 6.07 Å². The lowest BCUT2D eigenvalue weighted by Crippen LogP contribution is -2.23. The maximum absolute atomic E-state index is 12.9. The summed E-state index contributed by atoms with van der Waals surface area (Å²) in [4.78, 5) is 11.3. The highest BCUT2D eigenvalue weighted by Crippen LogP contribution is 2.15. The fraction of sp³-hybridized carbons (Fsp3) is 0.100. The SMILES string of the molecule is C=CCNC(=O)c1ccc(Cl)c(F)c1. The van der Waals surface area contributed by atoms with Gasteiger partial charge in [-0.3, -0.25) is 4.79 Å². The van der Waals surface area contributed by atoms with Crippen LogP contribution in [0, 0.1) is 5.82 Å². The number of carbonyl (C=O) groups is 1. The molecule has 0 fully saturated rings. The predicted octanol–water partition coefficient (Wildman–Crippen LogP) is 2.39. The van der Waals surface area contributed by atoms with E-state index in [9.17, 15) is 9.18 Å². The highest BCUT2D eigenvalue weighted by atomic mass is 35.5. The van der Waals surface area contributed by atoms with Crippen molar-refractivity contribution in [3.8, 4) is 0 Å². The first kappa shape index (κ1) is 10.7. The number of hydrogen-bond donors (Lipinski definition) is 1. The fourth-order valence-electron chi connectivity index (χ4n) is 0.904. The minimum absolute atomic E-state index is 0.00488. The van der Waals surface area contributed by atoms with Crippen molar-refractivity contribution < 1.29 is 9.18 Å². The first-order valence-corrected chi connectivity index (χ1v) is 4.37. The molecule has 0 aromatic heterocycles. The van der Waals surface area contributed by atoms with Crippen molar-refractivity contribution in [1.82, 2.24) is 5.32 Å². The number of halogens is 2. The van der Waals surface area contributed by atoms with Gasteiger partial charge in [-0.25, -0.2) is 4.39 Å². The van der Waals surface area contributed by atoms with E-state index in [-0.39, 0.29) is 16.5 Å². The van der Waals surface area contributed by atoms with E-state index in [2.05, 4.69) is 11.9 Å². The number of nitrogens with one attached hydrogen (secondary N) is 1. The third kappa shape index (κ3) is 2.57. The molecule has 74 valence electrons. The van der Waals surface area contributed by atoms with Gasteiger partial charge in [-0.15, -0.1) is 6.58 Å². The maximum Gasteiger partial charge on any atom is 0.251 e. The average Bonchev–Trinajstić information content (AvgIpc) is 2.18. The maximum atomic E-state index is 12.9. The van der Waals surface area contributed by atoms with Gasteiger partial charge in [0.15, 0.2) is 0 Å². The molecule has 1 N–H and O–H groups in total. The van der Waals surface area contributed by atoms with Crippen molar-refractivity contribution in [2.75, 3.05) is 6.54 Å². The molecule has 0 aliphatic heterocycles. The first-order chi connectivity index (χ1) is 6.65. The normalized spacial score (nSPS) is 9.57. The van der Waals surface area contributed by atoms with Crippen molar-refractivity contribution in [1.29, 1.82) is 0 Å². The smallest absolute Gasteiger partial charge is 0.251 e. The van der Waals surface area contributed by atoms with Gasteiger partial charge in [0.05, 0.1) is 5.02 Å². The van der Waals surface area contributed by atoms with Gasteiger partial charge >= 0.3 is 0 Å². The van der Waals surface area contributed by atoms with Gasteiger partial charge in [0.1, 0.15) is 5.82 Å². The van der Waals surface area contributed by atoms with Crippen molar-refractivity contribution in [2.24, 2.45) is 0 Å². The lowest BCUT2D eigenvalue weighted by molar-refractivity contribution is 0.0957. The molecule has 0 saturated carbocycles. The Morgan fingerprint density at radius 1 is 1.64 bits per heavy atom. The zero-order chi connectivity index (χ0) is 10.6. The summed E-state index contributed by atoms with van der Waals surface area (Å²) >= 11 is 5.47. The number of hydrogen-bond acceptors (Lipinski definition) is 1. The van der Waals surface area contributed by atoms with Crippen LogP contribution in [0.1, 0.15) is 10.4 Å². The van der Waals surface area contributed by atoms with E-state index in [1.54, 1.807) is 6.08 Å². The summed E-state index contributed by atoms with van der Waals surface area (Å²) in [5, 5.41) is 2.53. The van der Waals surface area contributed by atoms with Crippen molar-refractivity contribution in [2.45, 2.75) is 0 Å². The number of rotatable bonds is 3. The van der Waals surface area contributed by atoms with Crippen LogP contribution >= 0.6 is 11.6 Å². The molecular weight excluding hydrogens is 205 g/mol. The Morgan fingerprint density at radius 3 is 2.93 bits per heavy atom. The summed E-state index contributed by atoms with van der Waals surface area (Å²) in [6.45, 7) is 3.80. The van der Waals surface area contributed by atoms with Crippen LogP contribution in [-0.4, -0.2) is 12.5 Å². The molecule has 0 saturated heterocycles. The van der Waals surface area contributed by atoms with Crippen LogP contribution in [0.15, 0.2) is 30.9 Å². The van der Waals surface area contributed by atoms with Gasteiger partial charge in [-0.05, 0) is 18.2 Å². The molecule has 1 amide bonds. The van der Waals surface area contributed by atoms with Crippen molar-refractivity contribution in [3.63, 3.8) is 0 Å². The third-order valence-electron chi connectivity index (χ3n) is 1.59. The van der Waals surface area contributed by atoms with E-state index < -0.39 is 5.82 Å². The Morgan fingerprint density at radius 2 is 2.36 bits per heavy atom. The predicted molar refractivity (Wildman–Crippen MR) is 53.9 cm³/mol. The van der Waals surface area contributed by atoms with Crippen LogP contribution in [0.25, 0.3) is 0 Å². The molecule has 0 radical (unpaired) electrons. The van der Waals surface area contributed by atoms with Gasteiger partial charge in [-0.1, -0.05) is 17.7 Å². The Hall–Kier alpha value is -1.35. The number of carbonyl (C=O) groups excluding carboxylic acids is 1. The average molecular weight is 214 g/mol. The molecule has 0 unspecified atom stereocenters. The zero-order valence-corrected chi connectivity index (χ0v) is 8.14. The molecule has 0 atom stereocenters. The largest absolute Gasteiger partial charge is 0.349 e. The van der Waals surface area contributed by atoms with Gasteiger partial charge < -0.3 is 5.32 Å². The van der Waals surface area contributed by atoms with Gasteiger partial charge in [0.2, 0.25) is 0 Å². The van der Waals surface area contributed by atoms with Gasteiger partial charge in [0, 0.05) is 12.1 Å². The minimum Gasteiger partial charge on any atom is -0.349 e. The van der Waals surface area contributed by atoms with Crippen LogP contribution in [0.5, 0.6) is 0 Å². The molecule has 0 bridgehead atoms. The molecule has 4 heteroatoms. The molecule has 0 aliphatic rings. The second-order valence-corrected chi connectivity index (χ2v) is 3.03. The second-order valence-electron chi connectivity index (χ2n) is 2.63. The Kier molecular flexibility index (Phi) is 3.65. The summed E-state index contributed by atoms with van der Waals surface area (Å²) in [7, 11) is 0. The Balaban J connectivity index is 2.80. The standard InChI is InChI=1S/C10H9ClFNO/c1-2-5-13-10(14)7-3-4-8(11)9(12)6-7/h2-4,6H,1,5H2,(H,13,14). The lowest BCUT2D eigenvalue weighted by atomic mass is 10.2. The summed E-state index contributed by atoms with van der Waals surface area (Å²) in [6, 6.07) is 3.91. The van der Waals surface area contributed by atoms with Crippen LogP contribution < -0.4 is 5.32 Å². The minimum atomic E-state index is -0.599. The fourth-order valence-corrected chi connectivity index (χ4v) is 1.02. The number of benzene rings is 1. The summed E-state index contributed by atoms with van der Waals surface area (Å²) in [6.07, 6.45) is 1.55. The molecule has 2 nitrogen and oxygen atoms in total. The van der Waals surface area contributed by atoms with Crippen LogP contribution in [0.4, 0.5) is 4.39 Å². The molecule has 0 heterocycles. The summed E-state index contributed by atoms with van der Waals surface area (Å²) in [5.74, 6) is -0.946. The molecular formula is C10H9ClFNO. The molecule has 1 aromatic carbocycles. The Labute approximate surface area is 86.4 Å². The number of amides is 1. The zero-order valence-electron chi connectivity index (χ0n) is 7.39. The Bertz CT molecular complexity index is 365.